The smallest absolute Gasteiger partial charge is 0.209 e. The monoisotopic (exact) mass is 280 g/mol. The Hall–Kier alpha value is -2.01. The van der Waals surface area contributed by atoms with Crippen molar-refractivity contribution in [1.82, 2.24) is 0 Å². The van der Waals surface area contributed by atoms with E-state index >= 15 is 0 Å². The molecule has 19 heavy (non-hydrogen) atoms. The molecule has 0 aliphatic carbocycles. The number of sulfone groups is 1. The van der Waals surface area contributed by atoms with Crippen LogP contribution < -0.4 is 0 Å². The molecule has 0 N–H and O–H groups in total. The lowest BCUT2D eigenvalue weighted by Crippen LogP contribution is -2.05. The first kappa shape index (κ1) is 13.4. The van der Waals surface area contributed by atoms with Gasteiger partial charge in [-0.1, -0.05) is 36.4 Å². The Labute approximate surface area is 109 Å². The van der Waals surface area contributed by atoms with Gasteiger partial charge < -0.3 is 0 Å². The van der Waals surface area contributed by atoms with E-state index < -0.39 is 20.6 Å². The molecule has 0 aliphatic rings. The van der Waals surface area contributed by atoms with Crippen LogP contribution >= 0.6 is 0 Å². The fourth-order valence-electron chi connectivity index (χ4n) is 1.65. The van der Waals surface area contributed by atoms with Crippen LogP contribution in [0, 0.1) is 5.82 Å². The lowest BCUT2D eigenvalue weighted by molar-refractivity contribution is 0.601. The van der Waals surface area contributed by atoms with E-state index in [-0.39, 0.29) is 16.8 Å². The summed E-state index contributed by atoms with van der Waals surface area (Å²) >= 11 is 0. The van der Waals surface area contributed by atoms with Gasteiger partial charge in [-0.15, -0.1) is 0 Å². The molecule has 0 fully saturated rings. The Kier molecular flexibility index (Phi) is 3.76. The van der Waals surface area contributed by atoms with Crippen LogP contribution in [0.2, 0.25) is 0 Å². The number of rotatable bonds is 3. The molecule has 0 spiro atoms. The van der Waals surface area contributed by atoms with Crippen LogP contribution in [0.3, 0.4) is 0 Å². The lowest BCUT2D eigenvalue weighted by Gasteiger charge is -2.08. The summed E-state index contributed by atoms with van der Waals surface area (Å²) in [5, 5.41) is 0. The molecule has 0 saturated heterocycles. The molecule has 0 heterocycles. The minimum absolute atomic E-state index is 0.0813. The topological polar surface area (TPSA) is 34.1 Å². The van der Waals surface area contributed by atoms with Crippen molar-refractivity contribution in [2.75, 3.05) is 0 Å². The molecule has 2 rings (SSSR count). The van der Waals surface area contributed by atoms with Gasteiger partial charge in [-0.05, 0) is 18.2 Å². The van der Waals surface area contributed by atoms with Crippen molar-refractivity contribution < 1.29 is 17.2 Å². The second kappa shape index (κ2) is 5.32. The molecule has 0 saturated carbocycles. The van der Waals surface area contributed by atoms with Crippen LogP contribution in [0.25, 0.3) is 4.91 Å². The highest BCUT2D eigenvalue weighted by atomic mass is 32.2. The number of halogens is 2. The first-order chi connectivity index (χ1) is 9.07. The summed E-state index contributed by atoms with van der Waals surface area (Å²) in [6.07, 6.45) is -0.0826. The number of hydrogen-bond donors (Lipinski definition) is 0. The van der Waals surface area contributed by atoms with Crippen LogP contribution in [0.5, 0.6) is 0 Å². The molecule has 5 heteroatoms. The third-order valence-corrected chi connectivity index (χ3v) is 4.36. The van der Waals surface area contributed by atoms with E-state index in [4.69, 9.17) is 0 Å². The van der Waals surface area contributed by atoms with E-state index in [0.717, 1.165) is 6.07 Å². The summed E-state index contributed by atoms with van der Waals surface area (Å²) in [6, 6.07) is 12.5. The van der Waals surface area contributed by atoms with Gasteiger partial charge in [0, 0.05) is 5.56 Å². The van der Waals surface area contributed by atoms with E-state index in [2.05, 4.69) is 0 Å². The third kappa shape index (κ3) is 2.56. The zero-order valence-corrected chi connectivity index (χ0v) is 10.6. The first-order valence-electron chi connectivity index (χ1n) is 5.43. The SMILES string of the molecule is O=S(=O)(/C(=C/F)c1ccccc1F)c1ccccc1. The first-order valence-corrected chi connectivity index (χ1v) is 6.91. The second-order valence-corrected chi connectivity index (χ2v) is 5.69. The van der Waals surface area contributed by atoms with Crippen LogP contribution in [0.15, 0.2) is 65.8 Å². The molecule has 2 aromatic rings. The highest BCUT2D eigenvalue weighted by molar-refractivity contribution is 8.00. The highest BCUT2D eigenvalue weighted by Gasteiger charge is 2.24. The van der Waals surface area contributed by atoms with E-state index in [0.29, 0.717) is 0 Å². The van der Waals surface area contributed by atoms with E-state index in [1.807, 2.05) is 0 Å². The van der Waals surface area contributed by atoms with Crippen molar-refractivity contribution in [3.05, 3.63) is 72.3 Å². The maximum atomic E-state index is 13.6. The van der Waals surface area contributed by atoms with Crippen molar-refractivity contribution in [2.45, 2.75) is 4.90 Å². The predicted molar refractivity (Wildman–Crippen MR) is 69.1 cm³/mol. The van der Waals surface area contributed by atoms with Crippen LogP contribution in [-0.2, 0) is 9.84 Å². The van der Waals surface area contributed by atoms with Gasteiger partial charge in [0.05, 0.1) is 4.90 Å². The van der Waals surface area contributed by atoms with E-state index in [1.54, 1.807) is 6.07 Å². The van der Waals surface area contributed by atoms with Crippen LogP contribution in [0.1, 0.15) is 5.56 Å². The van der Waals surface area contributed by atoms with Crippen LogP contribution in [-0.4, -0.2) is 8.42 Å². The maximum Gasteiger partial charge on any atom is 0.209 e. The van der Waals surface area contributed by atoms with Gasteiger partial charge in [-0.25, -0.2) is 17.2 Å². The summed E-state index contributed by atoms with van der Waals surface area (Å²) in [5.74, 6) is -0.786. The maximum absolute atomic E-state index is 13.6. The average molecular weight is 280 g/mol. The Morgan fingerprint density at radius 3 is 2.11 bits per heavy atom. The summed E-state index contributed by atoms with van der Waals surface area (Å²) in [4.78, 5) is -0.765. The van der Waals surface area contributed by atoms with Gasteiger partial charge in [0.1, 0.15) is 17.1 Å². The largest absolute Gasteiger partial charge is 0.218 e. The number of hydrogen-bond acceptors (Lipinski definition) is 2. The molecule has 0 atom stereocenters. The molecule has 0 aliphatic heterocycles. The molecular weight excluding hydrogens is 270 g/mol. The number of benzene rings is 2. The average Bonchev–Trinajstić information content (AvgIpc) is 2.42. The van der Waals surface area contributed by atoms with Crippen molar-refractivity contribution >= 4 is 14.7 Å². The normalized spacial score (nSPS) is 12.4. The second-order valence-electron chi connectivity index (χ2n) is 3.77. The van der Waals surface area contributed by atoms with Gasteiger partial charge in [0.25, 0.3) is 0 Å². The minimum Gasteiger partial charge on any atom is -0.218 e. The van der Waals surface area contributed by atoms with Crippen molar-refractivity contribution in [3.63, 3.8) is 0 Å². The third-order valence-electron chi connectivity index (χ3n) is 2.58. The fraction of sp³-hybridized carbons (Fsp3) is 0. The Morgan fingerprint density at radius 1 is 0.947 bits per heavy atom. The summed E-state index contributed by atoms with van der Waals surface area (Å²) < 4.78 is 51.1. The van der Waals surface area contributed by atoms with Gasteiger partial charge in [-0.2, -0.15) is 0 Å². The van der Waals surface area contributed by atoms with Gasteiger partial charge in [0.15, 0.2) is 0 Å². The molecule has 0 unspecified atom stereocenters. The molecular formula is C14H10F2O2S. The Balaban J connectivity index is 2.60. The van der Waals surface area contributed by atoms with Gasteiger partial charge in [0.2, 0.25) is 9.84 Å². The molecule has 0 radical (unpaired) electrons. The van der Waals surface area contributed by atoms with Crippen molar-refractivity contribution in [3.8, 4) is 0 Å². The summed E-state index contributed by atoms with van der Waals surface area (Å²) in [6.45, 7) is 0. The van der Waals surface area contributed by atoms with Gasteiger partial charge in [-0.3, -0.25) is 0 Å². The zero-order chi connectivity index (χ0) is 13.9. The molecule has 2 nitrogen and oxygen atoms in total. The Morgan fingerprint density at radius 2 is 1.53 bits per heavy atom. The molecule has 0 bridgehead atoms. The summed E-state index contributed by atoms with van der Waals surface area (Å²) in [5.41, 5.74) is -0.283. The quantitative estimate of drug-likeness (QED) is 0.861. The van der Waals surface area contributed by atoms with Crippen LogP contribution in [0.4, 0.5) is 8.78 Å². The van der Waals surface area contributed by atoms with Crippen molar-refractivity contribution in [2.24, 2.45) is 0 Å². The highest BCUT2D eigenvalue weighted by Crippen LogP contribution is 2.29. The fourth-order valence-corrected chi connectivity index (χ4v) is 2.99. The summed E-state index contributed by atoms with van der Waals surface area (Å²) in [7, 11) is -4.08. The van der Waals surface area contributed by atoms with Crippen molar-refractivity contribution in [1.29, 1.82) is 0 Å². The molecule has 2 aromatic carbocycles. The standard InChI is InChI=1S/C14H10F2O2S/c15-10-14(12-8-4-5-9-13(12)16)19(17,18)11-6-2-1-3-7-11/h1-10H/b14-10+. The molecule has 0 amide bonds. The van der Waals surface area contributed by atoms with Gasteiger partial charge >= 0.3 is 0 Å². The zero-order valence-electron chi connectivity index (χ0n) is 9.75. The molecule has 0 aromatic heterocycles. The van der Waals surface area contributed by atoms with E-state index in [9.17, 15) is 17.2 Å². The predicted octanol–water partition coefficient (Wildman–Crippen LogP) is 3.57. The lowest BCUT2D eigenvalue weighted by atomic mass is 10.2. The Bertz CT molecular complexity index is 707. The minimum atomic E-state index is -4.08. The van der Waals surface area contributed by atoms with E-state index in [1.165, 1.54) is 42.5 Å². The molecule has 98 valence electrons.